The van der Waals surface area contributed by atoms with Crippen molar-refractivity contribution in [2.45, 2.75) is 32.9 Å². The lowest BCUT2D eigenvalue weighted by molar-refractivity contribution is 0.0705. The van der Waals surface area contributed by atoms with Crippen LogP contribution in [0, 0.1) is 5.82 Å². The van der Waals surface area contributed by atoms with Crippen LogP contribution in [0.25, 0.3) is 0 Å². The zero-order valence-corrected chi connectivity index (χ0v) is 20.1. The largest absolute Gasteiger partial charge is 0.332 e. The maximum Gasteiger partial charge on any atom is 0.272 e. The normalized spacial score (nSPS) is 15.4. The zero-order chi connectivity index (χ0) is 24.8. The van der Waals surface area contributed by atoms with Crippen LogP contribution in [0.4, 0.5) is 10.1 Å². The molecule has 3 aromatic rings. The van der Waals surface area contributed by atoms with E-state index in [1.165, 1.54) is 12.1 Å². The lowest BCUT2D eigenvalue weighted by Crippen LogP contribution is -2.41. The van der Waals surface area contributed by atoms with Gasteiger partial charge in [0.1, 0.15) is 11.5 Å². The maximum absolute atomic E-state index is 14.4. The van der Waals surface area contributed by atoms with Crippen molar-refractivity contribution in [3.8, 4) is 0 Å². The molecule has 0 radical (unpaired) electrons. The van der Waals surface area contributed by atoms with Crippen LogP contribution in [0.3, 0.4) is 0 Å². The number of hydrogen-bond acceptors (Lipinski definition) is 5. The summed E-state index contributed by atoms with van der Waals surface area (Å²) in [5, 5.41) is 0. The van der Waals surface area contributed by atoms with Gasteiger partial charge in [-0.1, -0.05) is 6.07 Å². The lowest BCUT2D eigenvalue weighted by Gasteiger charge is -2.30. The van der Waals surface area contributed by atoms with E-state index in [2.05, 4.69) is 28.7 Å². The number of benzene rings is 1. The van der Waals surface area contributed by atoms with Crippen molar-refractivity contribution in [2.24, 2.45) is 0 Å². The van der Waals surface area contributed by atoms with Crippen LogP contribution in [-0.4, -0.2) is 63.8 Å². The average Bonchev–Trinajstić information content (AvgIpc) is 2.91. The van der Waals surface area contributed by atoms with E-state index in [1.54, 1.807) is 64.8 Å². The molecule has 0 spiro atoms. The maximum atomic E-state index is 14.4. The molecular formula is C27H30FN5O2. The summed E-state index contributed by atoms with van der Waals surface area (Å²) in [4.78, 5) is 40.9. The van der Waals surface area contributed by atoms with Gasteiger partial charge in [-0.3, -0.25) is 24.5 Å². The van der Waals surface area contributed by atoms with Crippen molar-refractivity contribution in [3.63, 3.8) is 0 Å². The summed E-state index contributed by atoms with van der Waals surface area (Å²) in [5.41, 5.74) is 2.02. The van der Waals surface area contributed by atoms with Gasteiger partial charge in [0.05, 0.1) is 0 Å². The van der Waals surface area contributed by atoms with Crippen LogP contribution >= 0.6 is 0 Å². The Kier molecular flexibility index (Phi) is 7.82. The average molecular weight is 476 g/mol. The van der Waals surface area contributed by atoms with Crippen molar-refractivity contribution in [2.75, 3.05) is 31.1 Å². The van der Waals surface area contributed by atoms with Gasteiger partial charge in [-0.25, -0.2) is 4.39 Å². The summed E-state index contributed by atoms with van der Waals surface area (Å²) in [6.45, 7) is 6.76. The minimum Gasteiger partial charge on any atom is -0.332 e. The number of anilines is 1. The predicted octanol–water partition coefficient (Wildman–Crippen LogP) is 4.02. The molecule has 35 heavy (non-hydrogen) atoms. The third-order valence-electron chi connectivity index (χ3n) is 6.25. The number of rotatable bonds is 3. The second-order valence-electron chi connectivity index (χ2n) is 8.89. The van der Waals surface area contributed by atoms with Gasteiger partial charge >= 0.3 is 0 Å². The summed E-state index contributed by atoms with van der Waals surface area (Å²) >= 11 is 0. The minimum atomic E-state index is -0.413. The Bertz CT molecular complexity index is 1160. The molecule has 0 bridgehead atoms. The van der Waals surface area contributed by atoms with E-state index in [1.807, 2.05) is 0 Å². The summed E-state index contributed by atoms with van der Waals surface area (Å²) < 4.78 is 14.4. The Balaban J connectivity index is 1.76. The fourth-order valence-electron chi connectivity index (χ4n) is 4.34. The smallest absolute Gasteiger partial charge is 0.272 e. The van der Waals surface area contributed by atoms with E-state index in [4.69, 9.17) is 0 Å². The first kappa shape index (κ1) is 24.5. The van der Waals surface area contributed by atoms with Crippen molar-refractivity contribution >= 4 is 17.5 Å². The van der Waals surface area contributed by atoms with Crippen LogP contribution in [0.1, 0.15) is 46.7 Å². The predicted molar refractivity (Wildman–Crippen MR) is 133 cm³/mol. The van der Waals surface area contributed by atoms with E-state index in [0.29, 0.717) is 42.1 Å². The van der Waals surface area contributed by atoms with E-state index < -0.39 is 5.82 Å². The number of pyridine rings is 2. The second-order valence-corrected chi connectivity index (χ2v) is 8.89. The zero-order valence-electron chi connectivity index (χ0n) is 20.1. The lowest BCUT2D eigenvalue weighted by atomic mass is 10.1. The Morgan fingerprint density at radius 3 is 2.43 bits per heavy atom. The number of nitrogens with zero attached hydrogens (tertiary/aromatic N) is 5. The topological polar surface area (TPSA) is 69.6 Å². The number of aromatic nitrogens is 2. The standard InChI is InChI=1S/C27H30FN5O2/c1-20(2)31-14-5-15-33(26(34)21-9-12-29-13-10-21)25-8-7-23(28)18-22(25)19-32(17-16-31)27(35)24-6-3-4-11-30-24/h3-4,6-13,18,20H,5,14-17,19H2,1-2H3. The third-order valence-corrected chi connectivity index (χ3v) is 6.25. The molecule has 3 heterocycles. The molecule has 0 saturated heterocycles. The van der Waals surface area contributed by atoms with E-state index in [0.717, 1.165) is 13.0 Å². The molecule has 182 valence electrons. The van der Waals surface area contributed by atoms with Crippen LogP contribution < -0.4 is 4.90 Å². The van der Waals surface area contributed by atoms with E-state index >= 15 is 0 Å². The Morgan fingerprint density at radius 2 is 1.71 bits per heavy atom. The molecule has 8 heteroatoms. The van der Waals surface area contributed by atoms with Crippen molar-refractivity contribution in [1.29, 1.82) is 0 Å². The summed E-state index contributed by atoms with van der Waals surface area (Å²) in [5.74, 6) is -0.821. The monoisotopic (exact) mass is 475 g/mol. The Morgan fingerprint density at radius 1 is 0.914 bits per heavy atom. The van der Waals surface area contributed by atoms with E-state index in [-0.39, 0.29) is 24.4 Å². The van der Waals surface area contributed by atoms with Crippen molar-refractivity contribution in [1.82, 2.24) is 19.8 Å². The molecule has 0 fully saturated rings. The van der Waals surface area contributed by atoms with Gasteiger partial charge in [0, 0.05) is 68.6 Å². The molecule has 2 aromatic heterocycles. The Labute approximate surface area is 205 Å². The fourth-order valence-corrected chi connectivity index (χ4v) is 4.34. The number of fused-ring (bicyclic) bond motifs is 1. The highest BCUT2D eigenvalue weighted by atomic mass is 19.1. The first-order valence-corrected chi connectivity index (χ1v) is 11.9. The van der Waals surface area contributed by atoms with Gasteiger partial charge in [0.2, 0.25) is 0 Å². The molecule has 0 unspecified atom stereocenters. The third kappa shape index (κ3) is 5.89. The molecule has 1 aromatic carbocycles. The van der Waals surface area contributed by atoms with Crippen molar-refractivity contribution < 1.29 is 14.0 Å². The molecule has 0 saturated carbocycles. The van der Waals surface area contributed by atoms with Gasteiger partial charge in [0.25, 0.3) is 11.8 Å². The number of hydrogen-bond donors (Lipinski definition) is 0. The van der Waals surface area contributed by atoms with Gasteiger partial charge in [0.15, 0.2) is 0 Å². The first-order chi connectivity index (χ1) is 16.9. The van der Waals surface area contributed by atoms with E-state index in [9.17, 15) is 14.0 Å². The summed E-state index contributed by atoms with van der Waals surface area (Å²) in [6.07, 6.45) is 5.49. The molecule has 4 rings (SSSR count). The first-order valence-electron chi connectivity index (χ1n) is 11.9. The van der Waals surface area contributed by atoms with Gasteiger partial charge in [-0.05, 0) is 68.3 Å². The van der Waals surface area contributed by atoms with Crippen LogP contribution in [-0.2, 0) is 6.54 Å². The quantitative estimate of drug-likeness (QED) is 0.572. The summed E-state index contributed by atoms with van der Waals surface area (Å²) in [6, 6.07) is 13.2. The molecule has 1 aliphatic rings. The number of halogens is 1. The highest BCUT2D eigenvalue weighted by Gasteiger charge is 2.26. The minimum absolute atomic E-state index is 0.161. The van der Waals surface area contributed by atoms with Crippen LogP contribution in [0.2, 0.25) is 0 Å². The number of carbonyl (C=O) groups excluding carboxylic acids is 2. The summed E-state index contributed by atoms with van der Waals surface area (Å²) in [7, 11) is 0. The van der Waals surface area contributed by atoms with Crippen molar-refractivity contribution in [3.05, 3.63) is 89.8 Å². The molecule has 1 aliphatic heterocycles. The molecule has 7 nitrogen and oxygen atoms in total. The molecule has 2 amide bonds. The molecule has 0 atom stereocenters. The van der Waals surface area contributed by atoms with Gasteiger partial charge in [-0.15, -0.1) is 0 Å². The highest BCUT2D eigenvalue weighted by molar-refractivity contribution is 6.06. The molecule has 0 aliphatic carbocycles. The van der Waals surface area contributed by atoms with Gasteiger partial charge < -0.3 is 9.80 Å². The second kappa shape index (κ2) is 11.2. The molecule has 0 N–H and O–H groups in total. The van der Waals surface area contributed by atoms with Gasteiger partial charge in [-0.2, -0.15) is 0 Å². The number of amides is 2. The highest BCUT2D eigenvalue weighted by Crippen LogP contribution is 2.27. The molecular weight excluding hydrogens is 445 g/mol. The SMILES string of the molecule is CC(C)N1CCCN(C(=O)c2ccncc2)c2ccc(F)cc2CN(C(=O)c2ccccn2)CC1. The Hall–Kier alpha value is -3.65. The van der Waals surface area contributed by atoms with Crippen LogP contribution in [0.15, 0.2) is 67.1 Å². The number of carbonyl (C=O) groups is 2. The fraction of sp³-hybridized carbons (Fsp3) is 0.333. The van der Waals surface area contributed by atoms with Crippen LogP contribution in [0.5, 0.6) is 0 Å².